The average molecular weight is 243 g/mol. The van der Waals surface area contributed by atoms with Crippen molar-refractivity contribution in [3.05, 3.63) is 5.82 Å². The van der Waals surface area contributed by atoms with Crippen molar-refractivity contribution in [2.24, 2.45) is 11.8 Å². The van der Waals surface area contributed by atoms with Crippen LogP contribution in [0.1, 0.15) is 57.3 Å². The monoisotopic (exact) mass is 242 g/mol. The molecule has 0 saturated heterocycles. The highest BCUT2D eigenvalue weighted by Crippen LogP contribution is 2.37. The van der Waals surface area contributed by atoms with E-state index in [1.165, 1.54) is 12.8 Å². The van der Waals surface area contributed by atoms with Crippen molar-refractivity contribution >= 4 is 11.6 Å². The fourth-order valence-electron chi connectivity index (χ4n) is 2.71. The summed E-state index contributed by atoms with van der Waals surface area (Å²) in [6, 6.07) is 0.419. The molecule has 0 amide bonds. The van der Waals surface area contributed by atoms with Gasteiger partial charge >= 0.3 is 0 Å². The maximum Gasteiger partial charge on any atom is 0.169 e. The van der Waals surface area contributed by atoms with E-state index in [1.54, 1.807) is 0 Å². The maximum atomic E-state index is 6.08. The number of rotatable bonds is 2. The molecule has 1 heterocycles. The zero-order valence-corrected chi connectivity index (χ0v) is 10.9. The third-order valence-electron chi connectivity index (χ3n) is 3.57. The molecular formula is C11H19ClN4. The molecule has 0 bridgehead atoms. The molecule has 1 aromatic rings. The Bertz CT molecular complexity index is 350. The maximum absolute atomic E-state index is 6.08. The predicted molar refractivity (Wildman–Crippen MR) is 63.3 cm³/mol. The normalized spacial score (nSPS) is 32.6. The van der Waals surface area contributed by atoms with E-state index in [0.29, 0.717) is 12.0 Å². The lowest BCUT2D eigenvalue weighted by Crippen LogP contribution is -2.27. The van der Waals surface area contributed by atoms with E-state index in [9.17, 15) is 0 Å². The summed E-state index contributed by atoms with van der Waals surface area (Å²) in [5.74, 6) is 2.24. The van der Waals surface area contributed by atoms with Crippen LogP contribution in [-0.4, -0.2) is 20.2 Å². The fraction of sp³-hybridized carbons (Fsp3) is 0.909. The molecule has 1 aromatic heterocycles. The molecule has 1 aliphatic carbocycles. The van der Waals surface area contributed by atoms with E-state index >= 15 is 0 Å². The van der Waals surface area contributed by atoms with Crippen molar-refractivity contribution in [3.63, 3.8) is 0 Å². The van der Waals surface area contributed by atoms with Gasteiger partial charge in [0.15, 0.2) is 5.82 Å². The number of nitrogens with zero attached hydrogens (tertiary/aromatic N) is 4. The third-order valence-corrected chi connectivity index (χ3v) is 3.77. The Balaban J connectivity index is 2.20. The Morgan fingerprint density at radius 3 is 2.75 bits per heavy atom. The summed E-state index contributed by atoms with van der Waals surface area (Å²) in [6.07, 6.45) is 3.66. The largest absolute Gasteiger partial charge is 0.225 e. The Morgan fingerprint density at radius 2 is 2.12 bits per heavy atom. The van der Waals surface area contributed by atoms with Gasteiger partial charge in [-0.15, -0.1) is 16.7 Å². The van der Waals surface area contributed by atoms with E-state index in [1.807, 2.05) is 11.6 Å². The molecule has 90 valence electrons. The number of hydrogen-bond acceptors (Lipinski definition) is 3. The van der Waals surface area contributed by atoms with Crippen LogP contribution in [0.4, 0.5) is 0 Å². The minimum absolute atomic E-state index is 0.124. The first-order chi connectivity index (χ1) is 7.59. The van der Waals surface area contributed by atoms with Gasteiger partial charge in [0.1, 0.15) is 0 Å². The van der Waals surface area contributed by atoms with Crippen molar-refractivity contribution < 1.29 is 0 Å². The van der Waals surface area contributed by atoms with Gasteiger partial charge in [-0.1, -0.05) is 13.8 Å². The standard InChI is InChI=1S/C11H19ClN4/c1-7-4-5-10(8(2)6-7)16-11(9(3)12)13-14-15-16/h7-10H,4-6H2,1-3H3. The third kappa shape index (κ3) is 2.21. The molecule has 2 rings (SSSR count). The molecular weight excluding hydrogens is 224 g/mol. The number of alkyl halides is 1. The fourth-order valence-corrected chi connectivity index (χ4v) is 2.85. The van der Waals surface area contributed by atoms with E-state index < -0.39 is 0 Å². The van der Waals surface area contributed by atoms with E-state index in [-0.39, 0.29) is 5.38 Å². The highest BCUT2D eigenvalue weighted by molar-refractivity contribution is 6.20. The van der Waals surface area contributed by atoms with Crippen LogP contribution in [0, 0.1) is 11.8 Å². The van der Waals surface area contributed by atoms with Gasteiger partial charge in [-0.2, -0.15) is 0 Å². The number of hydrogen-bond donors (Lipinski definition) is 0. The highest BCUT2D eigenvalue weighted by Gasteiger charge is 2.30. The smallest absolute Gasteiger partial charge is 0.169 e. The van der Waals surface area contributed by atoms with E-state index in [4.69, 9.17) is 11.6 Å². The summed E-state index contributed by atoms with van der Waals surface area (Å²) >= 11 is 6.08. The van der Waals surface area contributed by atoms with Gasteiger partial charge in [0.25, 0.3) is 0 Å². The number of aromatic nitrogens is 4. The topological polar surface area (TPSA) is 43.6 Å². The van der Waals surface area contributed by atoms with Crippen LogP contribution in [0.3, 0.4) is 0 Å². The quantitative estimate of drug-likeness (QED) is 0.749. The van der Waals surface area contributed by atoms with Crippen molar-refractivity contribution in [2.45, 2.75) is 51.5 Å². The van der Waals surface area contributed by atoms with Gasteiger partial charge in [-0.3, -0.25) is 0 Å². The SMILES string of the molecule is CC1CCC(n2nnnc2C(C)Cl)C(C)C1. The minimum Gasteiger partial charge on any atom is -0.225 e. The molecule has 1 fully saturated rings. The van der Waals surface area contributed by atoms with Crippen LogP contribution in [0.5, 0.6) is 0 Å². The van der Waals surface area contributed by atoms with Crippen molar-refractivity contribution in [1.82, 2.24) is 20.2 Å². The second-order valence-corrected chi connectivity index (χ2v) is 5.72. The summed E-state index contributed by atoms with van der Waals surface area (Å²) in [6.45, 7) is 6.52. The summed E-state index contributed by atoms with van der Waals surface area (Å²) in [5.41, 5.74) is 0. The molecule has 16 heavy (non-hydrogen) atoms. The van der Waals surface area contributed by atoms with Gasteiger partial charge in [-0.05, 0) is 48.4 Å². The summed E-state index contributed by atoms with van der Waals surface area (Å²) < 4.78 is 1.94. The van der Waals surface area contributed by atoms with Gasteiger partial charge in [0.2, 0.25) is 0 Å². The summed E-state index contributed by atoms with van der Waals surface area (Å²) in [4.78, 5) is 0. The molecule has 1 saturated carbocycles. The van der Waals surface area contributed by atoms with Crippen molar-refractivity contribution in [3.8, 4) is 0 Å². The number of halogens is 1. The molecule has 0 radical (unpaired) electrons. The van der Waals surface area contributed by atoms with Gasteiger partial charge in [-0.25, -0.2) is 4.68 Å². The van der Waals surface area contributed by atoms with Crippen LogP contribution in [-0.2, 0) is 0 Å². The second kappa shape index (κ2) is 4.70. The van der Waals surface area contributed by atoms with E-state index in [2.05, 4.69) is 29.4 Å². The Labute approximate surface area is 101 Å². The lowest BCUT2D eigenvalue weighted by Gasteiger charge is -2.32. The lowest BCUT2D eigenvalue weighted by atomic mass is 9.80. The van der Waals surface area contributed by atoms with Crippen molar-refractivity contribution in [1.29, 1.82) is 0 Å². The van der Waals surface area contributed by atoms with Gasteiger partial charge in [0.05, 0.1) is 11.4 Å². The Kier molecular flexibility index (Phi) is 3.47. The summed E-state index contributed by atoms with van der Waals surface area (Å²) in [5, 5.41) is 11.7. The number of tetrazole rings is 1. The van der Waals surface area contributed by atoms with Crippen molar-refractivity contribution in [2.75, 3.05) is 0 Å². The average Bonchev–Trinajstić information content (AvgIpc) is 2.66. The van der Waals surface area contributed by atoms with Crippen LogP contribution in [0.15, 0.2) is 0 Å². The molecule has 0 aliphatic heterocycles. The van der Waals surface area contributed by atoms with Crippen LogP contribution in [0.2, 0.25) is 0 Å². The molecule has 0 aromatic carbocycles. The second-order valence-electron chi connectivity index (χ2n) is 5.06. The molecule has 0 N–H and O–H groups in total. The van der Waals surface area contributed by atoms with E-state index in [0.717, 1.165) is 18.2 Å². The molecule has 4 atom stereocenters. The first kappa shape index (κ1) is 11.8. The molecule has 5 heteroatoms. The van der Waals surface area contributed by atoms with Crippen LogP contribution < -0.4 is 0 Å². The zero-order chi connectivity index (χ0) is 11.7. The molecule has 0 spiro atoms. The Hall–Kier alpha value is -0.640. The molecule has 1 aliphatic rings. The highest BCUT2D eigenvalue weighted by atomic mass is 35.5. The van der Waals surface area contributed by atoms with Crippen LogP contribution >= 0.6 is 11.6 Å². The predicted octanol–water partition coefficient (Wildman–Crippen LogP) is 2.97. The first-order valence-electron chi connectivity index (χ1n) is 6.01. The van der Waals surface area contributed by atoms with Crippen LogP contribution in [0.25, 0.3) is 0 Å². The minimum atomic E-state index is -0.124. The molecule has 4 nitrogen and oxygen atoms in total. The zero-order valence-electron chi connectivity index (χ0n) is 10.1. The van der Waals surface area contributed by atoms with Gasteiger partial charge in [0, 0.05) is 0 Å². The molecule has 4 unspecified atom stereocenters. The van der Waals surface area contributed by atoms with Gasteiger partial charge < -0.3 is 0 Å². The Morgan fingerprint density at radius 1 is 1.38 bits per heavy atom. The lowest BCUT2D eigenvalue weighted by molar-refractivity contribution is 0.189. The summed E-state index contributed by atoms with van der Waals surface area (Å²) in [7, 11) is 0. The first-order valence-corrected chi connectivity index (χ1v) is 6.45.